The average molecular weight is 399 g/mol. The van der Waals surface area contributed by atoms with Crippen molar-refractivity contribution in [3.63, 3.8) is 0 Å². The molecule has 0 aliphatic carbocycles. The summed E-state index contributed by atoms with van der Waals surface area (Å²) in [7, 11) is 0. The molecule has 2 aromatic carbocycles. The van der Waals surface area contributed by atoms with Crippen molar-refractivity contribution < 1.29 is 13.6 Å². The van der Waals surface area contributed by atoms with E-state index in [1.165, 1.54) is 6.07 Å². The van der Waals surface area contributed by atoms with Crippen molar-refractivity contribution in [2.75, 3.05) is 6.54 Å². The Morgan fingerprint density at radius 2 is 1.90 bits per heavy atom. The van der Waals surface area contributed by atoms with Gasteiger partial charge in [-0.2, -0.15) is 0 Å². The smallest absolute Gasteiger partial charge is 0.254 e. The van der Waals surface area contributed by atoms with Gasteiger partial charge in [-0.05, 0) is 64.4 Å². The fraction of sp³-hybridized carbons (Fsp3) is 0.188. The zero-order valence-electron chi connectivity index (χ0n) is 11.1. The summed E-state index contributed by atoms with van der Waals surface area (Å²) in [4.78, 5) is 14.2. The van der Waals surface area contributed by atoms with Crippen LogP contribution in [0.3, 0.4) is 0 Å². The minimum atomic E-state index is -0.882. The third-order valence-corrected chi connectivity index (χ3v) is 4.27. The topological polar surface area (TPSA) is 20.3 Å². The van der Waals surface area contributed by atoms with Crippen molar-refractivity contribution in [2.24, 2.45) is 0 Å². The van der Waals surface area contributed by atoms with Crippen LogP contribution in [0.5, 0.6) is 0 Å². The first kappa shape index (κ1) is 14.4. The van der Waals surface area contributed by atoms with Crippen LogP contribution in [0.4, 0.5) is 8.78 Å². The van der Waals surface area contributed by atoms with E-state index in [1.807, 2.05) is 18.2 Å². The van der Waals surface area contributed by atoms with Gasteiger partial charge in [0.05, 0.1) is 0 Å². The molecule has 2 nitrogen and oxygen atoms in total. The Balaban J connectivity index is 1.84. The van der Waals surface area contributed by atoms with Crippen LogP contribution in [-0.4, -0.2) is 17.4 Å². The lowest BCUT2D eigenvalue weighted by Gasteiger charge is -2.28. The molecule has 2 aromatic rings. The minimum Gasteiger partial charge on any atom is -0.334 e. The highest BCUT2D eigenvalue weighted by Crippen LogP contribution is 2.23. The SMILES string of the molecule is O=C1c2cc(I)ccc2CCN1Cc1ccc(F)c(F)c1. The highest BCUT2D eigenvalue weighted by Gasteiger charge is 2.24. The number of carbonyl (C=O) groups is 1. The molecule has 5 heteroatoms. The molecule has 21 heavy (non-hydrogen) atoms. The molecule has 108 valence electrons. The van der Waals surface area contributed by atoms with Crippen molar-refractivity contribution in [2.45, 2.75) is 13.0 Å². The van der Waals surface area contributed by atoms with Crippen LogP contribution in [0.1, 0.15) is 21.5 Å². The van der Waals surface area contributed by atoms with E-state index in [-0.39, 0.29) is 5.91 Å². The van der Waals surface area contributed by atoms with E-state index in [2.05, 4.69) is 22.6 Å². The lowest BCUT2D eigenvalue weighted by molar-refractivity contribution is 0.0726. The van der Waals surface area contributed by atoms with Crippen LogP contribution in [0.2, 0.25) is 0 Å². The first-order valence-electron chi connectivity index (χ1n) is 6.56. The molecular formula is C16H12F2INO. The van der Waals surface area contributed by atoms with E-state index < -0.39 is 11.6 Å². The summed E-state index contributed by atoms with van der Waals surface area (Å²) in [6.07, 6.45) is 0.779. The van der Waals surface area contributed by atoms with E-state index >= 15 is 0 Å². The van der Waals surface area contributed by atoms with Crippen LogP contribution in [-0.2, 0) is 13.0 Å². The summed E-state index contributed by atoms with van der Waals surface area (Å²) >= 11 is 2.17. The molecule has 0 radical (unpaired) electrons. The van der Waals surface area contributed by atoms with Gasteiger partial charge >= 0.3 is 0 Å². The van der Waals surface area contributed by atoms with Crippen molar-refractivity contribution in [1.29, 1.82) is 0 Å². The maximum Gasteiger partial charge on any atom is 0.254 e. The van der Waals surface area contributed by atoms with Crippen molar-refractivity contribution >= 4 is 28.5 Å². The van der Waals surface area contributed by atoms with Gasteiger partial charge in [0.2, 0.25) is 0 Å². The number of halogens is 3. The number of carbonyl (C=O) groups excluding carboxylic acids is 1. The van der Waals surface area contributed by atoms with Gasteiger partial charge in [-0.1, -0.05) is 12.1 Å². The fourth-order valence-corrected chi connectivity index (χ4v) is 2.99. The van der Waals surface area contributed by atoms with Gasteiger partial charge in [0.1, 0.15) is 0 Å². The first-order chi connectivity index (χ1) is 10.0. The second-order valence-corrected chi connectivity index (χ2v) is 6.27. The number of amides is 1. The summed E-state index contributed by atoms with van der Waals surface area (Å²) in [5, 5.41) is 0. The Labute approximate surface area is 134 Å². The van der Waals surface area contributed by atoms with E-state index in [9.17, 15) is 13.6 Å². The Bertz CT molecular complexity index is 717. The van der Waals surface area contributed by atoms with Crippen LogP contribution < -0.4 is 0 Å². The standard InChI is InChI=1S/C16H12F2INO/c17-14-4-1-10(7-15(14)18)9-20-6-5-11-2-3-12(19)8-13(11)16(20)21/h1-4,7-8H,5-6,9H2. The summed E-state index contributed by atoms with van der Waals surface area (Å²) in [5.74, 6) is -1.81. The maximum atomic E-state index is 13.2. The van der Waals surface area contributed by atoms with E-state index in [0.717, 1.165) is 27.7 Å². The van der Waals surface area contributed by atoms with Gasteiger partial charge in [0, 0.05) is 22.2 Å². The minimum absolute atomic E-state index is 0.0560. The van der Waals surface area contributed by atoms with Crippen molar-refractivity contribution in [3.8, 4) is 0 Å². The van der Waals surface area contributed by atoms with Crippen molar-refractivity contribution in [3.05, 3.63) is 68.3 Å². The highest BCUT2D eigenvalue weighted by molar-refractivity contribution is 14.1. The molecule has 1 aliphatic heterocycles. The molecule has 0 saturated carbocycles. The van der Waals surface area contributed by atoms with Gasteiger partial charge in [0.25, 0.3) is 5.91 Å². The largest absolute Gasteiger partial charge is 0.334 e. The van der Waals surface area contributed by atoms with Crippen molar-refractivity contribution in [1.82, 2.24) is 4.90 Å². The molecule has 3 rings (SSSR count). The second kappa shape index (κ2) is 5.71. The monoisotopic (exact) mass is 399 g/mol. The van der Waals surface area contributed by atoms with Gasteiger partial charge in [-0.15, -0.1) is 0 Å². The lowest BCUT2D eigenvalue weighted by atomic mass is 9.98. The molecule has 0 unspecified atom stereocenters. The highest BCUT2D eigenvalue weighted by atomic mass is 127. The molecule has 1 heterocycles. The number of hydrogen-bond donors (Lipinski definition) is 0. The predicted octanol–water partition coefficient (Wildman–Crippen LogP) is 3.77. The van der Waals surface area contributed by atoms with Gasteiger partial charge in [0.15, 0.2) is 11.6 Å². The molecule has 0 spiro atoms. The van der Waals surface area contributed by atoms with Crippen LogP contribution in [0, 0.1) is 15.2 Å². The third kappa shape index (κ3) is 2.92. The van der Waals surface area contributed by atoms with E-state index in [4.69, 9.17) is 0 Å². The third-order valence-electron chi connectivity index (χ3n) is 3.60. The van der Waals surface area contributed by atoms with Gasteiger partial charge in [-0.3, -0.25) is 4.79 Å². The molecule has 1 aliphatic rings. The molecule has 0 N–H and O–H groups in total. The number of hydrogen-bond acceptors (Lipinski definition) is 1. The summed E-state index contributed by atoms with van der Waals surface area (Å²) in [6, 6.07) is 9.58. The number of fused-ring (bicyclic) bond motifs is 1. The summed E-state index contributed by atoms with van der Waals surface area (Å²) in [5.41, 5.74) is 2.34. The number of rotatable bonds is 2. The zero-order valence-corrected chi connectivity index (χ0v) is 13.2. The Morgan fingerprint density at radius 1 is 1.10 bits per heavy atom. The molecule has 0 atom stereocenters. The van der Waals surface area contributed by atoms with Crippen LogP contribution in [0.15, 0.2) is 36.4 Å². The Morgan fingerprint density at radius 3 is 2.67 bits per heavy atom. The summed E-state index contributed by atoms with van der Waals surface area (Å²) < 4.78 is 27.2. The molecule has 0 saturated heterocycles. The molecular weight excluding hydrogens is 387 g/mol. The Hall–Kier alpha value is -1.50. The van der Waals surface area contributed by atoms with Crippen LogP contribution in [0.25, 0.3) is 0 Å². The molecule has 0 bridgehead atoms. The summed E-state index contributed by atoms with van der Waals surface area (Å²) in [6.45, 7) is 0.881. The van der Waals surface area contributed by atoms with Gasteiger partial charge < -0.3 is 4.90 Å². The molecule has 0 aromatic heterocycles. The fourth-order valence-electron chi connectivity index (χ4n) is 2.50. The maximum absolute atomic E-state index is 13.2. The molecule has 0 fully saturated rings. The van der Waals surface area contributed by atoms with Gasteiger partial charge in [-0.25, -0.2) is 8.78 Å². The predicted molar refractivity (Wildman–Crippen MR) is 84.0 cm³/mol. The first-order valence-corrected chi connectivity index (χ1v) is 7.64. The van der Waals surface area contributed by atoms with Crippen LogP contribution >= 0.6 is 22.6 Å². The quantitative estimate of drug-likeness (QED) is 0.705. The molecule has 1 amide bonds. The van der Waals surface area contributed by atoms with E-state index in [1.54, 1.807) is 4.90 Å². The van der Waals surface area contributed by atoms with E-state index in [0.29, 0.717) is 24.2 Å². The normalized spacial score (nSPS) is 14.2. The average Bonchev–Trinajstić information content (AvgIpc) is 2.46. The zero-order chi connectivity index (χ0) is 15.0. The lowest BCUT2D eigenvalue weighted by Crippen LogP contribution is -2.37. The Kier molecular flexibility index (Phi) is 3.93. The second-order valence-electron chi connectivity index (χ2n) is 5.03. The number of nitrogens with zero attached hydrogens (tertiary/aromatic N) is 1. The number of benzene rings is 2.